The van der Waals surface area contributed by atoms with Crippen molar-refractivity contribution in [2.45, 2.75) is 19.4 Å². The fraction of sp³-hybridized carbons (Fsp3) is 0.444. The fourth-order valence-electron chi connectivity index (χ4n) is 1.30. The first-order valence-electron chi connectivity index (χ1n) is 3.97. The van der Waals surface area contributed by atoms with Gasteiger partial charge < -0.3 is 10.8 Å². The molecule has 0 saturated heterocycles. The molecule has 0 fully saturated rings. The van der Waals surface area contributed by atoms with Gasteiger partial charge in [0, 0.05) is 5.92 Å². The average molecular weight is 185 g/mol. The molecule has 13 heavy (non-hydrogen) atoms. The minimum atomic E-state index is -1.61. The molecule has 0 aromatic carbocycles. The van der Waals surface area contributed by atoms with E-state index in [1.54, 1.807) is 13.8 Å². The standard InChI is InChI=1S/C9H12FNO2/c1-5-3-6(2)9(11,8(12)13)4-7(5)10/h3-4,6H,11H2,1-2H3,(H,12,13). The zero-order valence-corrected chi connectivity index (χ0v) is 7.54. The highest BCUT2D eigenvalue weighted by molar-refractivity contribution is 5.83. The molecule has 1 rings (SSSR count). The van der Waals surface area contributed by atoms with Gasteiger partial charge in [0.1, 0.15) is 11.4 Å². The molecule has 0 amide bonds. The monoisotopic (exact) mass is 185 g/mol. The molecule has 2 atom stereocenters. The lowest BCUT2D eigenvalue weighted by atomic mass is 9.80. The summed E-state index contributed by atoms with van der Waals surface area (Å²) >= 11 is 0. The van der Waals surface area contributed by atoms with Crippen LogP contribution < -0.4 is 5.73 Å². The molecule has 0 saturated carbocycles. The third kappa shape index (κ3) is 1.49. The van der Waals surface area contributed by atoms with Crippen LogP contribution in [0.4, 0.5) is 4.39 Å². The Morgan fingerprint density at radius 2 is 2.31 bits per heavy atom. The van der Waals surface area contributed by atoms with Gasteiger partial charge in [-0.05, 0) is 18.6 Å². The van der Waals surface area contributed by atoms with Crippen LogP contribution in [-0.4, -0.2) is 16.6 Å². The van der Waals surface area contributed by atoms with Crippen LogP contribution in [0.1, 0.15) is 13.8 Å². The number of carboxylic acids is 1. The summed E-state index contributed by atoms with van der Waals surface area (Å²) in [5.41, 5.74) is 4.37. The molecule has 0 bridgehead atoms. The van der Waals surface area contributed by atoms with Crippen molar-refractivity contribution in [3.63, 3.8) is 0 Å². The van der Waals surface area contributed by atoms with Crippen molar-refractivity contribution in [1.29, 1.82) is 0 Å². The Morgan fingerprint density at radius 1 is 1.77 bits per heavy atom. The van der Waals surface area contributed by atoms with Gasteiger partial charge in [-0.3, -0.25) is 0 Å². The molecule has 2 unspecified atom stereocenters. The molecular formula is C9H12FNO2. The number of carbonyl (C=O) groups is 1. The lowest BCUT2D eigenvalue weighted by Gasteiger charge is -2.29. The van der Waals surface area contributed by atoms with Gasteiger partial charge in [-0.25, -0.2) is 9.18 Å². The van der Waals surface area contributed by atoms with Crippen LogP contribution >= 0.6 is 0 Å². The first-order chi connectivity index (χ1) is 5.88. The van der Waals surface area contributed by atoms with E-state index in [9.17, 15) is 9.18 Å². The normalized spacial score (nSPS) is 33.7. The summed E-state index contributed by atoms with van der Waals surface area (Å²) in [4.78, 5) is 10.8. The van der Waals surface area contributed by atoms with Gasteiger partial charge in [0.25, 0.3) is 0 Å². The third-order valence-corrected chi connectivity index (χ3v) is 2.37. The second-order valence-corrected chi connectivity index (χ2v) is 3.37. The molecule has 1 aliphatic carbocycles. The minimum absolute atomic E-state index is 0.399. The summed E-state index contributed by atoms with van der Waals surface area (Å²) in [7, 11) is 0. The molecular weight excluding hydrogens is 173 g/mol. The predicted octanol–water partition coefficient (Wildman–Crippen LogP) is 1.22. The van der Waals surface area contributed by atoms with E-state index in [1.807, 2.05) is 0 Å². The summed E-state index contributed by atoms with van der Waals surface area (Å²) < 4.78 is 13.1. The van der Waals surface area contributed by atoms with Crippen LogP contribution in [0.25, 0.3) is 0 Å². The van der Waals surface area contributed by atoms with E-state index in [0.717, 1.165) is 6.08 Å². The maximum Gasteiger partial charge on any atom is 0.328 e. The Balaban J connectivity index is 3.12. The number of carboxylic acid groups (broad SMARTS) is 1. The van der Waals surface area contributed by atoms with Gasteiger partial charge in [0.2, 0.25) is 0 Å². The topological polar surface area (TPSA) is 63.3 Å². The van der Waals surface area contributed by atoms with Gasteiger partial charge in [0.15, 0.2) is 0 Å². The van der Waals surface area contributed by atoms with Crippen LogP contribution in [-0.2, 0) is 4.79 Å². The van der Waals surface area contributed by atoms with Crippen molar-refractivity contribution in [3.8, 4) is 0 Å². The number of hydrogen-bond acceptors (Lipinski definition) is 2. The second kappa shape index (κ2) is 2.96. The summed E-state index contributed by atoms with van der Waals surface area (Å²) in [5, 5.41) is 8.81. The van der Waals surface area contributed by atoms with Gasteiger partial charge in [-0.2, -0.15) is 0 Å². The highest BCUT2D eigenvalue weighted by Crippen LogP contribution is 2.29. The smallest absolute Gasteiger partial charge is 0.328 e. The van der Waals surface area contributed by atoms with Crippen molar-refractivity contribution in [2.75, 3.05) is 0 Å². The summed E-state index contributed by atoms with van der Waals surface area (Å²) in [6, 6.07) is 0. The highest BCUT2D eigenvalue weighted by atomic mass is 19.1. The van der Waals surface area contributed by atoms with Gasteiger partial charge in [-0.15, -0.1) is 0 Å². The van der Waals surface area contributed by atoms with Gasteiger partial charge in [0.05, 0.1) is 0 Å². The van der Waals surface area contributed by atoms with E-state index in [0.29, 0.717) is 5.57 Å². The van der Waals surface area contributed by atoms with Crippen molar-refractivity contribution in [1.82, 2.24) is 0 Å². The molecule has 0 radical (unpaired) electrons. The number of aliphatic carboxylic acids is 1. The van der Waals surface area contributed by atoms with Crippen molar-refractivity contribution < 1.29 is 14.3 Å². The number of nitrogens with two attached hydrogens (primary N) is 1. The zero-order valence-electron chi connectivity index (χ0n) is 7.54. The molecule has 4 heteroatoms. The molecule has 3 N–H and O–H groups in total. The van der Waals surface area contributed by atoms with Crippen LogP contribution in [0.2, 0.25) is 0 Å². The van der Waals surface area contributed by atoms with Crippen molar-refractivity contribution in [3.05, 3.63) is 23.6 Å². The Hall–Kier alpha value is -1.16. The Morgan fingerprint density at radius 3 is 2.77 bits per heavy atom. The van der Waals surface area contributed by atoms with E-state index in [2.05, 4.69) is 0 Å². The average Bonchev–Trinajstić information content (AvgIpc) is 2.01. The molecule has 0 heterocycles. The maximum absolute atomic E-state index is 13.1. The second-order valence-electron chi connectivity index (χ2n) is 3.37. The molecule has 0 spiro atoms. The van der Waals surface area contributed by atoms with Crippen molar-refractivity contribution in [2.24, 2.45) is 11.7 Å². The molecule has 1 aliphatic rings. The van der Waals surface area contributed by atoms with Crippen molar-refractivity contribution >= 4 is 5.97 Å². The number of allylic oxidation sites excluding steroid dienone is 2. The van der Waals surface area contributed by atoms with E-state index < -0.39 is 23.3 Å². The molecule has 0 aromatic heterocycles. The van der Waals surface area contributed by atoms with E-state index in [-0.39, 0.29) is 0 Å². The quantitative estimate of drug-likeness (QED) is 0.645. The van der Waals surface area contributed by atoms with Gasteiger partial charge in [-0.1, -0.05) is 13.0 Å². The van der Waals surface area contributed by atoms with Gasteiger partial charge >= 0.3 is 5.97 Å². The Kier molecular flexibility index (Phi) is 2.26. The van der Waals surface area contributed by atoms with Crippen LogP contribution in [0, 0.1) is 5.92 Å². The SMILES string of the molecule is CC1=CC(C)C(N)(C(=O)O)C=C1F. The lowest BCUT2D eigenvalue weighted by molar-refractivity contribution is -0.142. The fourth-order valence-corrected chi connectivity index (χ4v) is 1.30. The van der Waals surface area contributed by atoms with E-state index in [1.165, 1.54) is 6.08 Å². The number of halogens is 1. The predicted molar refractivity (Wildman–Crippen MR) is 46.7 cm³/mol. The minimum Gasteiger partial charge on any atom is -0.480 e. The summed E-state index contributed by atoms with van der Waals surface area (Å²) in [6.45, 7) is 3.24. The highest BCUT2D eigenvalue weighted by Gasteiger charge is 2.39. The molecule has 3 nitrogen and oxygen atoms in total. The maximum atomic E-state index is 13.1. The van der Waals surface area contributed by atoms with Crippen LogP contribution in [0.3, 0.4) is 0 Å². The molecule has 0 aromatic rings. The van der Waals surface area contributed by atoms with E-state index in [4.69, 9.17) is 10.8 Å². The first kappa shape index (κ1) is 9.92. The van der Waals surface area contributed by atoms with E-state index >= 15 is 0 Å². The third-order valence-electron chi connectivity index (χ3n) is 2.37. The number of rotatable bonds is 1. The van der Waals surface area contributed by atoms with Crippen LogP contribution in [0.5, 0.6) is 0 Å². The molecule has 72 valence electrons. The molecule has 0 aliphatic heterocycles. The summed E-state index contributed by atoms with van der Waals surface area (Å²) in [5.74, 6) is -2.16. The van der Waals surface area contributed by atoms with Crippen LogP contribution in [0.15, 0.2) is 23.6 Å². The lowest BCUT2D eigenvalue weighted by Crippen LogP contribution is -2.52. The summed E-state index contributed by atoms with van der Waals surface area (Å²) in [6.07, 6.45) is 2.50. The first-order valence-corrected chi connectivity index (χ1v) is 3.97. The number of hydrogen-bond donors (Lipinski definition) is 2. The largest absolute Gasteiger partial charge is 0.480 e. The Labute approximate surface area is 75.7 Å². The Bertz CT molecular complexity index is 309. The zero-order chi connectivity index (χ0) is 10.2.